The van der Waals surface area contributed by atoms with Crippen LogP contribution in [0.2, 0.25) is 0 Å². The molecule has 0 amide bonds. The van der Waals surface area contributed by atoms with E-state index in [1.807, 2.05) is 45.2 Å². The molecule has 0 aliphatic heterocycles. The number of benzene rings is 2. The van der Waals surface area contributed by atoms with Gasteiger partial charge in [-0.2, -0.15) is 0 Å². The predicted octanol–water partition coefficient (Wildman–Crippen LogP) is 0.925. The van der Waals surface area contributed by atoms with Crippen LogP contribution in [0.1, 0.15) is 11.6 Å². The summed E-state index contributed by atoms with van der Waals surface area (Å²) in [6.45, 7) is 0.317. The maximum absolute atomic E-state index is 12.6. The molecule has 0 spiro atoms. The van der Waals surface area contributed by atoms with E-state index in [0.717, 1.165) is 16.2 Å². The van der Waals surface area contributed by atoms with Crippen molar-refractivity contribution in [2.45, 2.75) is 10.9 Å². The topological polar surface area (TPSA) is 63.1 Å². The second kappa shape index (κ2) is 8.53. The lowest BCUT2D eigenvalue weighted by atomic mass is 10.1. The van der Waals surface area contributed by atoms with Crippen molar-refractivity contribution in [1.82, 2.24) is 4.72 Å². The van der Waals surface area contributed by atoms with E-state index < -0.39 is 10.0 Å². The number of ether oxygens (including phenoxy) is 1. The van der Waals surface area contributed by atoms with Crippen LogP contribution in [0.5, 0.6) is 5.75 Å². The van der Waals surface area contributed by atoms with Crippen molar-refractivity contribution in [3.63, 3.8) is 0 Å². The van der Waals surface area contributed by atoms with Crippen molar-refractivity contribution in [1.29, 1.82) is 0 Å². The molecule has 2 aromatic rings. The summed E-state index contributed by atoms with van der Waals surface area (Å²) in [5, 5.41) is 0. The van der Waals surface area contributed by atoms with E-state index in [0.29, 0.717) is 12.3 Å². The van der Waals surface area contributed by atoms with Crippen LogP contribution < -0.4 is 19.3 Å². The van der Waals surface area contributed by atoms with Gasteiger partial charge in [-0.3, -0.25) is 0 Å². The summed E-state index contributed by atoms with van der Waals surface area (Å²) < 4.78 is 32.9. The van der Waals surface area contributed by atoms with E-state index in [9.17, 15) is 8.42 Å². The Morgan fingerprint density at radius 3 is 2.08 bits per heavy atom. The van der Waals surface area contributed by atoms with Crippen molar-refractivity contribution < 1.29 is 18.1 Å². The van der Waals surface area contributed by atoms with E-state index >= 15 is 0 Å². The van der Waals surface area contributed by atoms with Gasteiger partial charge in [0.1, 0.15) is 11.8 Å². The molecule has 0 heterocycles. The smallest absolute Gasteiger partial charge is 0.240 e. The highest BCUT2D eigenvalue weighted by atomic mass is 32.2. The molecule has 0 unspecified atom stereocenters. The van der Waals surface area contributed by atoms with Gasteiger partial charge in [0.2, 0.25) is 10.0 Å². The van der Waals surface area contributed by atoms with Crippen LogP contribution in [0.4, 0.5) is 5.69 Å². The van der Waals surface area contributed by atoms with Crippen LogP contribution in [-0.4, -0.2) is 50.3 Å². The standard InChI is InChI=1S/C19H27N3O3S/c1-21(2)16-8-6-15(7-9-16)19(22(3)4)14-20-26(23,24)18-12-10-17(25-5)11-13-18/h6-13,19-20H,14H2,1-5H3/p+1/t19-/m1/s1. The maximum atomic E-state index is 12.6. The van der Waals surface area contributed by atoms with Gasteiger partial charge in [0.15, 0.2) is 0 Å². The summed E-state index contributed by atoms with van der Waals surface area (Å²) in [5.41, 5.74) is 2.20. The van der Waals surface area contributed by atoms with E-state index in [4.69, 9.17) is 4.74 Å². The average Bonchev–Trinajstić information content (AvgIpc) is 2.62. The number of sulfonamides is 1. The zero-order valence-electron chi connectivity index (χ0n) is 16.0. The Kier molecular flexibility index (Phi) is 6.63. The van der Waals surface area contributed by atoms with Gasteiger partial charge in [0, 0.05) is 25.3 Å². The van der Waals surface area contributed by atoms with Gasteiger partial charge in [-0.25, -0.2) is 13.1 Å². The Morgan fingerprint density at radius 1 is 1.04 bits per heavy atom. The number of rotatable bonds is 8. The Bertz CT molecular complexity index is 801. The van der Waals surface area contributed by atoms with Crippen LogP contribution in [0.3, 0.4) is 0 Å². The lowest BCUT2D eigenvalue weighted by Gasteiger charge is -2.23. The third-order valence-corrected chi connectivity index (χ3v) is 5.80. The van der Waals surface area contributed by atoms with Crippen LogP contribution in [0.15, 0.2) is 53.4 Å². The molecule has 2 aromatic carbocycles. The molecule has 1 atom stereocenters. The second-order valence-corrected chi connectivity index (χ2v) is 8.41. The number of quaternary nitrogens is 1. The molecule has 0 radical (unpaired) electrons. The molecule has 6 nitrogen and oxygen atoms in total. The normalized spacial score (nSPS) is 12.8. The zero-order valence-corrected chi connectivity index (χ0v) is 16.8. The third kappa shape index (κ3) is 4.97. The fourth-order valence-corrected chi connectivity index (χ4v) is 3.74. The number of hydrogen-bond donors (Lipinski definition) is 2. The van der Waals surface area contributed by atoms with Gasteiger partial charge in [0.05, 0.1) is 32.6 Å². The van der Waals surface area contributed by atoms with Crippen molar-refractivity contribution >= 4 is 15.7 Å². The predicted molar refractivity (Wildman–Crippen MR) is 105 cm³/mol. The Hall–Kier alpha value is -2.09. The zero-order chi connectivity index (χ0) is 19.3. The van der Waals surface area contributed by atoms with Crippen molar-refractivity contribution in [3.05, 3.63) is 54.1 Å². The monoisotopic (exact) mass is 378 g/mol. The first-order valence-corrected chi connectivity index (χ1v) is 9.94. The van der Waals surface area contributed by atoms with Gasteiger partial charge in [-0.1, -0.05) is 12.1 Å². The fourth-order valence-electron chi connectivity index (χ4n) is 2.69. The molecule has 0 saturated heterocycles. The highest BCUT2D eigenvalue weighted by molar-refractivity contribution is 7.89. The van der Waals surface area contributed by atoms with Gasteiger partial charge < -0.3 is 14.5 Å². The fraction of sp³-hybridized carbons (Fsp3) is 0.368. The van der Waals surface area contributed by atoms with Crippen molar-refractivity contribution in [2.24, 2.45) is 0 Å². The number of methoxy groups -OCH3 is 1. The molecule has 0 aliphatic rings. The molecule has 2 N–H and O–H groups in total. The summed E-state index contributed by atoms with van der Waals surface area (Å²) in [5.74, 6) is 0.626. The van der Waals surface area contributed by atoms with Crippen LogP contribution in [0.25, 0.3) is 0 Å². The number of nitrogens with zero attached hydrogens (tertiary/aromatic N) is 1. The highest BCUT2D eigenvalue weighted by Crippen LogP contribution is 2.18. The lowest BCUT2D eigenvalue weighted by Crippen LogP contribution is -3.07. The van der Waals surface area contributed by atoms with Gasteiger partial charge >= 0.3 is 0 Å². The summed E-state index contributed by atoms with van der Waals surface area (Å²) in [6.07, 6.45) is 0. The van der Waals surface area contributed by atoms with Gasteiger partial charge in [-0.15, -0.1) is 0 Å². The molecule has 0 fully saturated rings. The molecule has 2 rings (SSSR count). The van der Waals surface area contributed by atoms with E-state index in [1.54, 1.807) is 31.4 Å². The molecule has 0 aromatic heterocycles. The third-order valence-electron chi connectivity index (χ3n) is 4.36. The summed E-state index contributed by atoms with van der Waals surface area (Å²) in [4.78, 5) is 3.42. The highest BCUT2D eigenvalue weighted by Gasteiger charge is 2.22. The Balaban J connectivity index is 2.14. The first-order chi connectivity index (χ1) is 12.2. The average molecular weight is 379 g/mol. The molecule has 0 bridgehead atoms. The minimum absolute atomic E-state index is 0.0132. The first-order valence-electron chi connectivity index (χ1n) is 8.45. The van der Waals surface area contributed by atoms with Gasteiger partial charge in [-0.05, 0) is 36.4 Å². The van der Waals surface area contributed by atoms with Crippen molar-refractivity contribution in [3.8, 4) is 5.75 Å². The quantitative estimate of drug-likeness (QED) is 0.717. The number of hydrogen-bond acceptors (Lipinski definition) is 4. The largest absolute Gasteiger partial charge is 0.497 e. The minimum Gasteiger partial charge on any atom is -0.497 e. The molecule has 0 aliphatic carbocycles. The number of anilines is 1. The van der Waals surface area contributed by atoms with E-state index in [2.05, 4.69) is 16.9 Å². The molecule has 142 valence electrons. The molecule has 7 heteroatoms. The molecular formula is C19H28N3O3S+. The molecular weight excluding hydrogens is 350 g/mol. The first kappa shape index (κ1) is 20.2. The summed E-state index contributed by atoms with van der Waals surface area (Å²) in [6, 6.07) is 14.6. The van der Waals surface area contributed by atoms with Crippen LogP contribution in [-0.2, 0) is 10.0 Å². The second-order valence-electron chi connectivity index (χ2n) is 6.64. The Labute approximate surface area is 156 Å². The van der Waals surface area contributed by atoms with Gasteiger partial charge in [0.25, 0.3) is 0 Å². The number of likely N-dealkylation sites (N-methyl/N-ethyl adjacent to an activating group) is 1. The van der Waals surface area contributed by atoms with Crippen LogP contribution in [0, 0.1) is 0 Å². The summed E-state index contributed by atoms with van der Waals surface area (Å²) in [7, 11) is 6.00. The van der Waals surface area contributed by atoms with E-state index in [1.165, 1.54) is 0 Å². The molecule has 0 saturated carbocycles. The SMILES string of the molecule is COc1ccc(S(=O)(=O)NC[C@H](c2ccc(N(C)C)cc2)[NH+](C)C)cc1. The number of nitrogens with one attached hydrogen (secondary N) is 2. The molecule has 26 heavy (non-hydrogen) atoms. The lowest BCUT2D eigenvalue weighted by molar-refractivity contribution is -0.890. The Morgan fingerprint density at radius 2 is 1.62 bits per heavy atom. The van der Waals surface area contributed by atoms with E-state index in [-0.39, 0.29) is 10.9 Å². The van der Waals surface area contributed by atoms with Crippen LogP contribution >= 0.6 is 0 Å². The minimum atomic E-state index is -3.57. The summed E-state index contributed by atoms with van der Waals surface area (Å²) >= 11 is 0. The van der Waals surface area contributed by atoms with Crippen molar-refractivity contribution in [2.75, 3.05) is 46.7 Å². The maximum Gasteiger partial charge on any atom is 0.240 e.